The minimum atomic E-state index is 0.0567. The number of phenolic OH excluding ortho intramolecular Hbond substituents is 1. The summed E-state index contributed by atoms with van der Waals surface area (Å²) in [5.74, 6) is 0.403. The maximum atomic E-state index is 11.8. The molecule has 0 radical (unpaired) electrons. The van der Waals surface area contributed by atoms with Crippen molar-refractivity contribution >= 4 is 11.6 Å². The van der Waals surface area contributed by atoms with E-state index < -0.39 is 0 Å². The highest BCUT2D eigenvalue weighted by Gasteiger charge is 2.29. The standard InChI is InChI=1S/C17H17NO2/c19-16-10-13(8-12-4-2-1-3-5-12)9-15(11-16)18-17(20)14-6-7-14/h1-5,9-11,14,19H,6-8H2,(H,18,20). The third kappa shape index (κ3) is 3.18. The second-order valence-electron chi connectivity index (χ2n) is 5.31. The molecule has 3 nitrogen and oxygen atoms in total. The lowest BCUT2D eigenvalue weighted by Gasteiger charge is -2.08. The lowest BCUT2D eigenvalue weighted by atomic mass is 10.0. The minimum Gasteiger partial charge on any atom is -0.508 e. The van der Waals surface area contributed by atoms with Crippen LogP contribution in [0.5, 0.6) is 5.75 Å². The van der Waals surface area contributed by atoms with Crippen molar-refractivity contribution in [2.45, 2.75) is 19.3 Å². The molecule has 1 amide bonds. The molecule has 1 aliphatic rings. The fraction of sp³-hybridized carbons (Fsp3) is 0.235. The lowest BCUT2D eigenvalue weighted by Crippen LogP contribution is -2.13. The number of nitrogens with one attached hydrogen (secondary N) is 1. The SMILES string of the molecule is O=C(Nc1cc(O)cc(Cc2ccccc2)c1)C1CC1. The molecule has 0 heterocycles. The zero-order valence-corrected chi connectivity index (χ0v) is 11.2. The van der Waals surface area contributed by atoms with E-state index in [4.69, 9.17) is 0 Å². The molecule has 3 rings (SSSR count). The van der Waals surface area contributed by atoms with E-state index in [9.17, 15) is 9.90 Å². The Morgan fingerprint density at radius 2 is 1.85 bits per heavy atom. The van der Waals surface area contributed by atoms with Gasteiger partial charge in [-0.1, -0.05) is 30.3 Å². The van der Waals surface area contributed by atoms with Crippen LogP contribution in [0.3, 0.4) is 0 Å². The average molecular weight is 267 g/mol. The van der Waals surface area contributed by atoms with Crippen LogP contribution in [0.25, 0.3) is 0 Å². The van der Waals surface area contributed by atoms with Gasteiger partial charge in [-0.25, -0.2) is 0 Å². The van der Waals surface area contributed by atoms with E-state index >= 15 is 0 Å². The van der Waals surface area contributed by atoms with Gasteiger partial charge in [0.2, 0.25) is 5.91 Å². The van der Waals surface area contributed by atoms with Gasteiger partial charge in [0.1, 0.15) is 5.75 Å². The van der Waals surface area contributed by atoms with Crippen molar-refractivity contribution < 1.29 is 9.90 Å². The molecule has 1 fully saturated rings. The van der Waals surface area contributed by atoms with Crippen LogP contribution >= 0.6 is 0 Å². The molecule has 2 N–H and O–H groups in total. The quantitative estimate of drug-likeness (QED) is 0.892. The third-order valence-electron chi connectivity index (χ3n) is 3.44. The Morgan fingerprint density at radius 3 is 2.55 bits per heavy atom. The second kappa shape index (κ2) is 5.37. The Labute approximate surface area is 118 Å². The summed E-state index contributed by atoms with van der Waals surface area (Å²) >= 11 is 0. The van der Waals surface area contributed by atoms with Crippen LogP contribution in [0.2, 0.25) is 0 Å². The van der Waals surface area contributed by atoms with Crippen molar-refractivity contribution in [3.63, 3.8) is 0 Å². The molecule has 20 heavy (non-hydrogen) atoms. The first-order valence-electron chi connectivity index (χ1n) is 6.88. The number of aromatic hydroxyl groups is 1. The molecule has 1 aliphatic carbocycles. The Bertz CT molecular complexity index is 618. The normalized spacial score (nSPS) is 14.0. The highest BCUT2D eigenvalue weighted by Crippen LogP contribution is 2.31. The van der Waals surface area contributed by atoms with Crippen molar-refractivity contribution in [1.82, 2.24) is 0 Å². The zero-order valence-electron chi connectivity index (χ0n) is 11.2. The molecule has 0 aliphatic heterocycles. The monoisotopic (exact) mass is 267 g/mol. The van der Waals surface area contributed by atoms with Gasteiger partial charge in [0.15, 0.2) is 0 Å². The molecule has 0 saturated heterocycles. The number of phenols is 1. The van der Waals surface area contributed by atoms with Gasteiger partial charge >= 0.3 is 0 Å². The van der Waals surface area contributed by atoms with E-state index in [2.05, 4.69) is 5.32 Å². The molecule has 0 aromatic heterocycles. The molecule has 0 atom stereocenters. The molecule has 0 bridgehead atoms. The maximum Gasteiger partial charge on any atom is 0.227 e. The summed E-state index contributed by atoms with van der Waals surface area (Å²) in [7, 11) is 0. The summed E-state index contributed by atoms with van der Waals surface area (Å²) in [4.78, 5) is 11.8. The van der Waals surface area contributed by atoms with Crippen LogP contribution in [0, 0.1) is 5.92 Å². The fourth-order valence-corrected chi connectivity index (χ4v) is 2.27. The summed E-state index contributed by atoms with van der Waals surface area (Å²) < 4.78 is 0. The number of amides is 1. The van der Waals surface area contributed by atoms with Crippen LogP contribution in [-0.4, -0.2) is 11.0 Å². The minimum absolute atomic E-state index is 0.0567. The van der Waals surface area contributed by atoms with Crippen molar-refractivity contribution in [1.29, 1.82) is 0 Å². The fourth-order valence-electron chi connectivity index (χ4n) is 2.27. The topological polar surface area (TPSA) is 49.3 Å². The van der Waals surface area contributed by atoms with Crippen molar-refractivity contribution in [2.75, 3.05) is 5.32 Å². The Morgan fingerprint density at radius 1 is 1.10 bits per heavy atom. The highest BCUT2D eigenvalue weighted by molar-refractivity contribution is 5.94. The van der Waals surface area contributed by atoms with Gasteiger partial charge in [-0.3, -0.25) is 4.79 Å². The third-order valence-corrected chi connectivity index (χ3v) is 3.44. The van der Waals surface area contributed by atoms with Gasteiger partial charge in [0.25, 0.3) is 0 Å². The molecule has 3 heteroatoms. The summed E-state index contributed by atoms with van der Waals surface area (Å²) in [6.07, 6.45) is 2.69. The number of hydrogen-bond acceptors (Lipinski definition) is 2. The van der Waals surface area contributed by atoms with Crippen LogP contribution in [-0.2, 0) is 11.2 Å². The second-order valence-corrected chi connectivity index (χ2v) is 5.31. The summed E-state index contributed by atoms with van der Waals surface area (Å²) in [6.45, 7) is 0. The summed E-state index contributed by atoms with van der Waals surface area (Å²) in [6, 6.07) is 15.3. The van der Waals surface area contributed by atoms with E-state index in [1.807, 2.05) is 36.4 Å². The Hall–Kier alpha value is -2.29. The van der Waals surface area contributed by atoms with E-state index in [0.717, 1.165) is 24.8 Å². The van der Waals surface area contributed by atoms with Crippen LogP contribution < -0.4 is 5.32 Å². The molecule has 0 spiro atoms. The number of benzene rings is 2. The Kier molecular flexibility index (Phi) is 3.42. The molecule has 2 aromatic rings. The van der Waals surface area contributed by atoms with E-state index in [1.54, 1.807) is 12.1 Å². The molecule has 1 saturated carbocycles. The molecular weight excluding hydrogens is 250 g/mol. The van der Waals surface area contributed by atoms with Gasteiger partial charge in [0, 0.05) is 17.7 Å². The van der Waals surface area contributed by atoms with Crippen molar-refractivity contribution in [3.05, 3.63) is 59.7 Å². The van der Waals surface area contributed by atoms with Gasteiger partial charge in [0.05, 0.1) is 0 Å². The largest absolute Gasteiger partial charge is 0.508 e. The Balaban J connectivity index is 1.77. The highest BCUT2D eigenvalue weighted by atomic mass is 16.3. The zero-order chi connectivity index (χ0) is 13.9. The molecule has 102 valence electrons. The van der Waals surface area contributed by atoms with E-state index in [-0.39, 0.29) is 17.6 Å². The first-order valence-corrected chi connectivity index (χ1v) is 6.88. The summed E-state index contributed by atoms with van der Waals surface area (Å²) in [5.41, 5.74) is 2.84. The predicted molar refractivity (Wildman–Crippen MR) is 78.7 cm³/mol. The average Bonchev–Trinajstić information content (AvgIpc) is 3.23. The summed E-state index contributed by atoms with van der Waals surface area (Å²) in [5, 5.41) is 12.7. The van der Waals surface area contributed by atoms with Gasteiger partial charge < -0.3 is 10.4 Å². The first-order chi connectivity index (χ1) is 9.70. The van der Waals surface area contributed by atoms with E-state index in [0.29, 0.717) is 5.69 Å². The molecule has 2 aromatic carbocycles. The van der Waals surface area contributed by atoms with Gasteiger partial charge in [-0.05, 0) is 42.5 Å². The van der Waals surface area contributed by atoms with Crippen molar-refractivity contribution in [3.8, 4) is 5.75 Å². The first kappa shape index (κ1) is 12.7. The number of rotatable bonds is 4. The number of anilines is 1. The van der Waals surface area contributed by atoms with Gasteiger partial charge in [-0.15, -0.1) is 0 Å². The smallest absolute Gasteiger partial charge is 0.227 e. The lowest BCUT2D eigenvalue weighted by molar-refractivity contribution is -0.117. The molecular formula is C17H17NO2. The number of hydrogen-bond donors (Lipinski definition) is 2. The van der Waals surface area contributed by atoms with Crippen LogP contribution in [0.1, 0.15) is 24.0 Å². The van der Waals surface area contributed by atoms with Crippen LogP contribution in [0.4, 0.5) is 5.69 Å². The van der Waals surface area contributed by atoms with Crippen molar-refractivity contribution in [2.24, 2.45) is 5.92 Å². The number of carbonyl (C=O) groups excluding carboxylic acids is 1. The van der Waals surface area contributed by atoms with E-state index in [1.165, 1.54) is 5.56 Å². The maximum absolute atomic E-state index is 11.8. The number of carbonyl (C=O) groups is 1. The predicted octanol–water partition coefficient (Wildman–Crippen LogP) is 3.33. The molecule has 0 unspecified atom stereocenters. The van der Waals surface area contributed by atoms with Crippen LogP contribution in [0.15, 0.2) is 48.5 Å². The van der Waals surface area contributed by atoms with Gasteiger partial charge in [-0.2, -0.15) is 0 Å².